The lowest BCUT2D eigenvalue weighted by atomic mass is 10.0. The molecule has 0 aliphatic carbocycles. The van der Waals surface area contributed by atoms with Crippen molar-refractivity contribution in [1.29, 1.82) is 0 Å². The number of hydrogen-bond acceptors (Lipinski definition) is 4. The van der Waals surface area contributed by atoms with Gasteiger partial charge in [-0.05, 0) is 25.5 Å². The van der Waals surface area contributed by atoms with Crippen LogP contribution in [-0.4, -0.2) is 29.8 Å². The largest absolute Gasteiger partial charge is 0.469 e. The van der Waals surface area contributed by atoms with E-state index < -0.39 is 17.9 Å². The summed E-state index contributed by atoms with van der Waals surface area (Å²) < 4.78 is 4.71. The Hall–Kier alpha value is -2.89. The second kappa shape index (κ2) is 7.59. The molecule has 2 aromatic rings. The molecule has 0 aliphatic heterocycles. The van der Waals surface area contributed by atoms with Crippen LogP contribution in [0.15, 0.2) is 36.5 Å². The molecule has 0 saturated heterocycles. The zero-order chi connectivity index (χ0) is 17.7. The van der Waals surface area contributed by atoms with Gasteiger partial charge in [-0.25, -0.2) is 0 Å². The van der Waals surface area contributed by atoms with Crippen LogP contribution < -0.4 is 5.32 Å². The quantitative estimate of drug-likeness (QED) is 0.630. The minimum atomic E-state index is -0.519. The number of esters is 1. The number of nitrogens with one attached hydrogen (secondary N) is 2. The van der Waals surface area contributed by atoms with Gasteiger partial charge in [0.15, 0.2) is 5.78 Å². The Bertz CT molecular complexity index is 747. The Morgan fingerprint density at radius 2 is 1.88 bits per heavy atom. The van der Waals surface area contributed by atoms with E-state index in [9.17, 15) is 14.4 Å². The van der Waals surface area contributed by atoms with Gasteiger partial charge in [0.2, 0.25) is 0 Å². The molecule has 0 fully saturated rings. The highest BCUT2D eigenvalue weighted by molar-refractivity contribution is 5.99. The van der Waals surface area contributed by atoms with E-state index in [-0.39, 0.29) is 17.9 Å². The van der Waals surface area contributed by atoms with Crippen LogP contribution in [0.1, 0.15) is 51.4 Å². The average Bonchev–Trinajstić information content (AvgIpc) is 3.05. The molecule has 126 valence electrons. The third kappa shape index (κ3) is 4.32. The van der Waals surface area contributed by atoms with Crippen molar-refractivity contribution < 1.29 is 19.1 Å². The summed E-state index contributed by atoms with van der Waals surface area (Å²) in [6, 6.07) is 8.51. The number of aromatic amines is 1. The van der Waals surface area contributed by atoms with Crippen LogP contribution in [0.5, 0.6) is 0 Å². The smallest absolute Gasteiger partial charge is 0.307 e. The van der Waals surface area contributed by atoms with Gasteiger partial charge in [0, 0.05) is 11.8 Å². The van der Waals surface area contributed by atoms with Crippen LogP contribution >= 0.6 is 0 Å². The summed E-state index contributed by atoms with van der Waals surface area (Å²) in [6.07, 6.45) is 1.50. The van der Waals surface area contributed by atoms with E-state index in [0.717, 1.165) is 11.1 Å². The third-order valence-corrected chi connectivity index (χ3v) is 3.72. The maximum atomic E-state index is 12.4. The maximum absolute atomic E-state index is 12.4. The number of rotatable bonds is 6. The second-order valence-corrected chi connectivity index (χ2v) is 5.58. The topological polar surface area (TPSA) is 88.3 Å². The predicted molar refractivity (Wildman–Crippen MR) is 88.8 cm³/mol. The van der Waals surface area contributed by atoms with Crippen molar-refractivity contribution in [2.45, 2.75) is 26.3 Å². The fourth-order valence-corrected chi connectivity index (χ4v) is 2.27. The van der Waals surface area contributed by atoms with Crippen molar-refractivity contribution in [3.8, 4) is 0 Å². The van der Waals surface area contributed by atoms with Crippen LogP contribution in [0.3, 0.4) is 0 Å². The number of aromatic nitrogens is 1. The van der Waals surface area contributed by atoms with Gasteiger partial charge in [-0.3, -0.25) is 14.4 Å². The van der Waals surface area contributed by atoms with Crippen LogP contribution in [0.2, 0.25) is 0 Å². The number of ketones is 1. The first-order valence-electron chi connectivity index (χ1n) is 7.54. The molecule has 2 N–H and O–H groups in total. The number of hydrogen-bond donors (Lipinski definition) is 2. The second-order valence-electron chi connectivity index (χ2n) is 5.58. The molecule has 1 aromatic carbocycles. The van der Waals surface area contributed by atoms with Crippen molar-refractivity contribution in [3.05, 3.63) is 58.9 Å². The number of aryl methyl sites for hydroxylation is 1. The lowest BCUT2D eigenvalue weighted by Crippen LogP contribution is -2.30. The number of H-pyrrole nitrogens is 1. The van der Waals surface area contributed by atoms with Crippen molar-refractivity contribution >= 4 is 17.7 Å². The first-order valence-corrected chi connectivity index (χ1v) is 7.54. The van der Waals surface area contributed by atoms with E-state index in [2.05, 4.69) is 10.3 Å². The molecule has 1 heterocycles. The Morgan fingerprint density at radius 3 is 2.42 bits per heavy atom. The first kappa shape index (κ1) is 17.5. The summed E-state index contributed by atoms with van der Waals surface area (Å²) in [7, 11) is 1.31. The summed E-state index contributed by atoms with van der Waals surface area (Å²) in [5.74, 6) is -0.941. The molecule has 0 radical (unpaired) electrons. The van der Waals surface area contributed by atoms with Crippen LogP contribution in [0.4, 0.5) is 0 Å². The number of methoxy groups -OCH3 is 1. The number of ether oxygens (including phenoxy) is 1. The molecule has 0 spiro atoms. The highest BCUT2D eigenvalue weighted by atomic mass is 16.5. The molecule has 6 nitrogen and oxygen atoms in total. The number of amides is 1. The minimum Gasteiger partial charge on any atom is -0.469 e. The zero-order valence-corrected chi connectivity index (χ0v) is 13.9. The first-order chi connectivity index (χ1) is 11.4. The van der Waals surface area contributed by atoms with Gasteiger partial charge in [0.05, 0.1) is 19.6 Å². The van der Waals surface area contributed by atoms with Gasteiger partial charge < -0.3 is 15.0 Å². The molecule has 1 unspecified atom stereocenters. The third-order valence-electron chi connectivity index (χ3n) is 3.72. The van der Waals surface area contributed by atoms with Gasteiger partial charge in [-0.2, -0.15) is 0 Å². The van der Waals surface area contributed by atoms with E-state index in [1.54, 1.807) is 0 Å². The lowest BCUT2D eigenvalue weighted by Gasteiger charge is -2.18. The van der Waals surface area contributed by atoms with Gasteiger partial charge in [0.25, 0.3) is 5.91 Å². The van der Waals surface area contributed by atoms with Gasteiger partial charge in [-0.1, -0.05) is 29.8 Å². The Balaban J connectivity index is 2.20. The molecular weight excluding hydrogens is 308 g/mol. The van der Waals surface area contributed by atoms with Gasteiger partial charge in [0.1, 0.15) is 5.69 Å². The molecule has 1 amide bonds. The molecule has 0 bridgehead atoms. The normalized spacial score (nSPS) is 11.6. The summed E-state index contributed by atoms with van der Waals surface area (Å²) in [4.78, 5) is 38.1. The van der Waals surface area contributed by atoms with Crippen LogP contribution in [0.25, 0.3) is 0 Å². The highest BCUT2D eigenvalue weighted by Gasteiger charge is 2.20. The minimum absolute atomic E-state index is 0.0194. The van der Waals surface area contributed by atoms with Crippen molar-refractivity contribution in [2.24, 2.45) is 0 Å². The van der Waals surface area contributed by atoms with E-state index in [4.69, 9.17) is 4.74 Å². The number of benzene rings is 1. The van der Waals surface area contributed by atoms with Crippen LogP contribution in [-0.2, 0) is 9.53 Å². The van der Waals surface area contributed by atoms with E-state index in [1.165, 1.54) is 26.3 Å². The standard InChI is InChI=1S/C18H20N2O4/c1-11-4-6-13(7-5-11)15(9-17(22)24-3)20-18(23)16-8-14(10-19-16)12(2)21/h4-8,10,15,19H,9H2,1-3H3,(H,20,23). The summed E-state index contributed by atoms with van der Waals surface area (Å²) in [5, 5.41) is 2.80. The molecular formula is C18H20N2O4. The Labute approximate surface area is 140 Å². The molecule has 0 saturated carbocycles. The van der Waals surface area contributed by atoms with Crippen molar-refractivity contribution in [3.63, 3.8) is 0 Å². The summed E-state index contributed by atoms with van der Waals surface area (Å²) in [5.41, 5.74) is 2.58. The fraction of sp³-hybridized carbons (Fsp3) is 0.278. The Kier molecular flexibility index (Phi) is 5.52. The number of carbonyl (C=O) groups excluding carboxylic acids is 3. The van der Waals surface area contributed by atoms with E-state index >= 15 is 0 Å². The van der Waals surface area contributed by atoms with Crippen molar-refractivity contribution in [2.75, 3.05) is 7.11 Å². The molecule has 2 rings (SSSR count). The van der Waals surface area contributed by atoms with Gasteiger partial charge >= 0.3 is 5.97 Å². The molecule has 1 atom stereocenters. The SMILES string of the molecule is COC(=O)CC(NC(=O)c1cc(C(C)=O)c[nH]1)c1ccc(C)cc1. The molecule has 24 heavy (non-hydrogen) atoms. The molecule has 6 heteroatoms. The van der Waals surface area contributed by atoms with Crippen LogP contribution in [0, 0.1) is 6.92 Å². The average molecular weight is 328 g/mol. The lowest BCUT2D eigenvalue weighted by molar-refractivity contribution is -0.141. The maximum Gasteiger partial charge on any atom is 0.307 e. The summed E-state index contributed by atoms with van der Waals surface area (Å²) in [6.45, 7) is 3.39. The molecule has 0 aliphatic rings. The fourth-order valence-electron chi connectivity index (χ4n) is 2.27. The zero-order valence-electron chi connectivity index (χ0n) is 13.9. The predicted octanol–water partition coefficient (Wildman–Crippen LogP) is 2.56. The monoisotopic (exact) mass is 328 g/mol. The van der Waals surface area contributed by atoms with E-state index in [1.807, 2.05) is 31.2 Å². The number of Topliss-reactive ketones (excluding diaryl/α,β-unsaturated/α-hetero) is 1. The van der Waals surface area contributed by atoms with Gasteiger partial charge in [-0.15, -0.1) is 0 Å². The molecule has 1 aromatic heterocycles. The van der Waals surface area contributed by atoms with E-state index in [0.29, 0.717) is 5.56 Å². The summed E-state index contributed by atoms with van der Waals surface area (Å²) >= 11 is 0. The number of carbonyl (C=O) groups is 3. The Morgan fingerprint density at radius 1 is 1.21 bits per heavy atom. The highest BCUT2D eigenvalue weighted by Crippen LogP contribution is 2.19. The van der Waals surface area contributed by atoms with Crippen molar-refractivity contribution in [1.82, 2.24) is 10.3 Å².